The van der Waals surface area contributed by atoms with Crippen molar-refractivity contribution in [3.8, 4) is 0 Å². The summed E-state index contributed by atoms with van der Waals surface area (Å²) >= 11 is 3.42. The summed E-state index contributed by atoms with van der Waals surface area (Å²) in [7, 11) is -3.76. The smallest absolute Gasteiger partial charge is 0.244 e. The number of rotatable bonds is 10. The molecule has 0 aliphatic rings. The zero-order valence-electron chi connectivity index (χ0n) is 20.6. The molecular formula is C25H34BrN3O4S. The molecule has 2 amide bonds. The first-order valence-electron chi connectivity index (χ1n) is 11.2. The summed E-state index contributed by atoms with van der Waals surface area (Å²) in [6.07, 6.45) is 1.47. The van der Waals surface area contributed by atoms with Crippen molar-refractivity contribution in [2.75, 3.05) is 17.1 Å². The van der Waals surface area contributed by atoms with Gasteiger partial charge in [-0.15, -0.1) is 0 Å². The van der Waals surface area contributed by atoms with Crippen LogP contribution in [0, 0.1) is 13.8 Å². The second-order valence-electron chi connectivity index (χ2n) is 8.80. The third kappa shape index (κ3) is 7.56. The minimum atomic E-state index is -3.76. The fourth-order valence-corrected chi connectivity index (χ4v) is 4.68. The van der Waals surface area contributed by atoms with Crippen LogP contribution in [0.2, 0.25) is 0 Å². The van der Waals surface area contributed by atoms with Crippen LogP contribution >= 0.6 is 15.9 Å². The van der Waals surface area contributed by atoms with Gasteiger partial charge in [0.05, 0.1) is 11.9 Å². The lowest BCUT2D eigenvalue weighted by Gasteiger charge is -2.33. The highest BCUT2D eigenvalue weighted by Gasteiger charge is 2.32. The molecule has 0 saturated heterocycles. The molecule has 0 aromatic heterocycles. The van der Waals surface area contributed by atoms with Crippen molar-refractivity contribution in [1.82, 2.24) is 10.2 Å². The van der Waals surface area contributed by atoms with E-state index in [1.165, 1.54) is 4.90 Å². The minimum Gasteiger partial charge on any atom is -0.352 e. The first-order valence-corrected chi connectivity index (χ1v) is 13.9. The number of carbonyl (C=O) groups is 2. The molecular weight excluding hydrogens is 518 g/mol. The maximum atomic E-state index is 13.6. The van der Waals surface area contributed by atoms with Gasteiger partial charge in [-0.3, -0.25) is 13.9 Å². The normalized spacial score (nSPS) is 12.4. The van der Waals surface area contributed by atoms with Crippen molar-refractivity contribution in [3.63, 3.8) is 0 Å². The molecule has 0 saturated carbocycles. The molecule has 186 valence electrons. The first kappa shape index (κ1) is 27.9. The van der Waals surface area contributed by atoms with Crippen LogP contribution in [-0.2, 0) is 26.2 Å². The lowest BCUT2D eigenvalue weighted by atomic mass is 10.1. The molecule has 0 heterocycles. The predicted molar refractivity (Wildman–Crippen MR) is 140 cm³/mol. The lowest BCUT2D eigenvalue weighted by molar-refractivity contribution is -0.140. The van der Waals surface area contributed by atoms with Gasteiger partial charge in [0.2, 0.25) is 21.8 Å². The van der Waals surface area contributed by atoms with E-state index in [9.17, 15) is 18.0 Å². The number of carbonyl (C=O) groups excluding carboxylic acids is 2. The third-order valence-corrected chi connectivity index (χ3v) is 7.43. The number of anilines is 1. The van der Waals surface area contributed by atoms with Crippen molar-refractivity contribution in [2.45, 2.75) is 59.7 Å². The summed E-state index contributed by atoms with van der Waals surface area (Å²) in [4.78, 5) is 28.1. The quantitative estimate of drug-likeness (QED) is 0.480. The number of hydrogen-bond donors (Lipinski definition) is 1. The van der Waals surface area contributed by atoms with E-state index in [1.54, 1.807) is 18.2 Å². The number of sulfonamides is 1. The number of aryl methyl sites for hydroxylation is 2. The van der Waals surface area contributed by atoms with Gasteiger partial charge in [-0.05, 0) is 63.4 Å². The van der Waals surface area contributed by atoms with Gasteiger partial charge in [0.25, 0.3) is 0 Å². The molecule has 1 N–H and O–H groups in total. The molecule has 2 aromatic rings. The highest BCUT2D eigenvalue weighted by Crippen LogP contribution is 2.25. The van der Waals surface area contributed by atoms with Gasteiger partial charge in [0, 0.05) is 17.1 Å². The van der Waals surface area contributed by atoms with E-state index in [2.05, 4.69) is 21.2 Å². The molecule has 0 unspecified atom stereocenters. The van der Waals surface area contributed by atoms with Crippen LogP contribution in [0.1, 0.15) is 43.9 Å². The first-order chi connectivity index (χ1) is 15.8. The molecule has 0 bridgehead atoms. The van der Waals surface area contributed by atoms with Gasteiger partial charge >= 0.3 is 0 Å². The number of nitrogens with one attached hydrogen (secondary N) is 1. The summed E-state index contributed by atoms with van der Waals surface area (Å²) in [5.74, 6) is -0.708. The van der Waals surface area contributed by atoms with Crippen molar-refractivity contribution in [2.24, 2.45) is 0 Å². The van der Waals surface area contributed by atoms with E-state index < -0.39 is 28.5 Å². The zero-order chi connectivity index (χ0) is 25.6. The van der Waals surface area contributed by atoms with E-state index in [-0.39, 0.29) is 18.5 Å². The summed E-state index contributed by atoms with van der Waals surface area (Å²) in [6, 6.07) is 12.0. The Morgan fingerprint density at radius 3 is 2.18 bits per heavy atom. The summed E-state index contributed by atoms with van der Waals surface area (Å²) < 4.78 is 27.3. The molecule has 9 heteroatoms. The number of halogens is 1. The number of nitrogens with zero attached hydrogens (tertiary/aromatic N) is 2. The number of amides is 2. The Hall–Kier alpha value is -2.39. The average Bonchev–Trinajstić information content (AvgIpc) is 2.74. The van der Waals surface area contributed by atoms with Crippen LogP contribution in [-0.4, -0.2) is 50.0 Å². The minimum absolute atomic E-state index is 0.0869. The van der Waals surface area contributed by atoms with Gasteiger partial charge in [-0.1, -0.05) is 52.7 Å². The number of benzene rings is 2. The largest absolute Gasteiger partial charge is 0.352 e. The fraction of sp³-hybridized carbons (Fsp3) is 0.440. The van der Waals surface area contributed by atoms with Crippen molar-refractivity contribution < 1.29 is 18.0 Å². The Balaban J connectivity index is 2.45. The van der Waals surface area contributed by atoms with Crippen LogP contribution in [0.4, 0.5) is 5.69 Å². The molecule has 0 spiro atoms. The second-order valence-corrected chi connectivity index (χ2v) is 11.6. The highest BCUT2D eigenvalue weighted by molar-refractivity contribution is 9.10. The molecule has 2 aromatic carbocycles. The second kappa shape index (κ2) is 11.8. The van der Waals surface area contributed by atoms with E-state index in [0.29, 0.717) is 12.1 Å². The Morgan fingerprint density at radius 2 is 1.68 bits per heavy atom. The Labute approximate surface area is 211 Å². The van der Waals surface area contributed by atoms with Crippen LogP contribution in [0.3, 0.4) is 0 Å². The molecule has 7 nitrogen and oxygen atoms in total. The summed E-state index contributed by atoms with van der Waals surface area (Å²) in [6.45, 7) is 9.17. The van der Waals surface area contributed by atoms with E-state index in [0.717, 1.165) is 31.7 Å². The summed E-state index contributed by atoms with van der Waals surface area (Å²) in [5, 5.41) is 2.88. The van der Waals surface area contributed by atoms with Crippen molar-refractivity contribution in [1.29, 1.82) is 0 Å². The van der Waals surface area contributed by atoms with E-state index >= 15 is 0 Å². The Morgan fingerprint density at radius 1 is 1.06 bits per heavy atom. The molecule has 34 heavy (non-hydrogen) atoms. The van der Waals surface area contributed by atoms with Crippen LogP contribution < -0.4 is 9.62 Å². The summed E-state index contributed by atoms with van der Waals surface area (Å²) in [5.41, 5.74) is 3.18. The zero-order valence-corrected chi connectivity index (χ0v) is 23.0. The Kier molecular flexibility index (Phi) is 9.70. The maximum Gasteiger partial charge on any atom is 0.244 e. The van der Waals surface area contributed by atoms with Crippen LogP contribution in [0.5, 0.6) is 0 Å². The molecule has 1 atom stereocenters. The average molecular weight is 553 g/mol. The van der Waals surface area contributed by atoms with Gasteiger partial charge in [0.15, 0.2) is 0 Å². The van der Waals surface area contributed by atoms with Gasteiger partial charge in [0.1, 0.15) is 12.6 Å². The topological polar surface area (TPSA) is 86.8 Å². The molecule has 2 rings (SSSR count). The monoisotopic (exact) mass is 551 g/mol. The molecule has 0 aliphatic heterocycles. The Bertz CT molecular complexity index is 1120. The number of hydrogen-bond acceptors (Lipinski definition) is 4. The van der Waals surface area contributed by atoms with Crippen molar-refractivity contribution in [3.05, 3.63) is 63.6 Å². The molecule has 0 fully saturated rings. The van der Waals surface area contributed by atoms with E-state index in [1.807, 2.05) is 58.9 Å². The fourth-order valence-electron chi connectivity index (χ4n) is 3.59. The van der Waals surface area contributed by atoms with Gasteiger partial charge in [-0.2, -0.15) is 0 Å². The SMILES string of the molecule is CC[C@@H](C(=O)NC(C)C)N(Cc1ccc(C)cc1)C(=O)CN(c1ccc(Br)c(C)c1)S(C)(=O)=O. The third-order valence-electron chi connectivity index (χ3n) is 5.40. The van der Waals surface area contributed by atoms with Gasteiger partial charge in [-0.25, -0.2) is 8.42 Å². The van der Waals surface area contributed by atoms with Crippen molar-refractivity contribution >= 4 is 43.5 Å². The van der Waals surface area contributed by atoms with Gasteiger partial charge < -0.3 is 10.2 Å². The highest BCUT2D eigenvalue weighted by atomic mass is 79.9. The predicted octanol–water partition coefficient (Wildman–Crippen LogP) is 4.16. The van der Waals surface area contributed by atoms with Crippen LogP contribution in [0.15, 0.2) is 46.9 Å². The van der Waals surface area contributed by atoms with E-state index in [4.69, 9.17) is 0 Å². The molecule has 0 radical (unpaired) electrons. The molecule has 0 aliphatic carbocycles. The standard InChI is InChI=1S/C25H34BrN3O4S/c1-7-23(25(31)27-17(2)3)28(15-20-10-8-18(4)9-11-20)24(30)16-29(34(6,32)33)21-12-13-22(26)19(5)14-21/h8-14,17,23H,7,15-16H2,1-6H3,(H,27,31)/t23-/m0/s1. The van der Waals surface area contributed by atoms with Crippen LogP contribution in [0.25, 0.3) is 0 Å². The lowest BCUT2D eigenvalue weighted by Crippen LogP contribution is -2.53. The maximum absolute atomic E-state index is 13.6.